The summed E-state index contributed by atoms with van der Waals surface area (Å²) < 4.78 is 49.4. The number of sulfonamides is 1. The van der Waals surface area contributed by atoms with E-state index >= 15 is 0 Å². The summed E-state index contributed by atoms with van der Waals surface area (Å²) in [6, 6.07) is 10.0. The average molecular weight is 480 g/mol. The largest absolute Gasteiger partial charge is 0.454 e. The molecule has 0 saturated carbocycles. The van der Waals surface area contributed by atoms with Gasteiger partial charge in [-0.3, -0.25) is 9.40 Å². The minimum atomic E-state index is -4.03. The van der Waals surface area contributed by atoms with Gasteiger partial charge in [-0.1, -0.05) is 22.9 Å². The predicted molar refractivity (Wildman–Crippen MR) is 116 cm³/mol. The van der Waals surface area contributed by atoms with E-state index in [1.165, 1.54) is 12.1 Å². The Morgan fingerprint density at radius 1 is 1.13 bits per heavy atom. The van der Waals surface area contributed by atoms with Crippen molar-refractivity contribution >= 4 is 38.1 Å². The molecule has 0 spiro atoms. The van der Waals surface area contributed by atoms with Crippen LogP contribution in [-0.4, -0.2) is 28.4 Å². The van der Waals surface area contributed by atoms with Crippen molar-refractivity contribution in [3.05, 3.63) is 64.5 Å². The average Bonchev–Trinajstić information content (AvgIpc) is 3.32. The highest BCUT2D eigenvalue weighted by atomic mass is 35.5. The number of hydrogen-bond donors (Lipinski definition) is 1. The third kappa shape index (κ3) is 4.53. The third-order valence-corrected chi connectivity index (χ3v) is 6.67. The van der Waals surface area contributed by atoms with Crippen LogP contribution >= 0.6 is 22.9 Å². The highest BCUT2D eigenvalue weighted by molar-refractivity contribution is 7.93. The van der Waals surface area contributed by atoms with E-state index in [4.69, 9.17) is 16.3 Å². The van der Waals surface area contributed by atoms with Crippen molar-refractivity contribution in [2.75, 3.05) is 4.72 Å². The molecule has 0 aliphatic carbocycles. The van der Waals surface area contributed by atoms with Crippen molar-refractivity contribution in [2.45, 2.75) is 11.8 Å². The van der Waals surface area contributed by atoms with Crippen LogP contribution in [0.4, 0.5) is 9.52 Å². The number of benzene rings is 2. The smallest absolute Gasteiger partial charge is 0.263 e. The van der Waals surface area contributed by atoms with Gasteiger partial charge in [-0.05, 0) is 49.4 Å². The van der Waals surface area contributed by atoms with E-state index in [0.29, 0.717) is 27.0 Å². The van der Waals surface area contributed by atoms with Crippen LogP contribution in [0.5, 0.6) is 11.5 Å². The Morgan fingerprint density at radius 2 is 1.90 bits per heavy atom. The molecule has 12 heteroatoms. The van der Waals surface area contributed by atoms with Crippen molar-refractivity contribution < 1.29 is 17.5 Å². The lowest BCUT2D eigenvalue weighted by atomic mass is 10.1. The zero-order chi connectivity index (χ0) is 22.2. The molecule has 4 rings (SSSR count). The number of nitrogens with zero attached hydrogens (tertiary/aromatic N) is 4. The maximum Gasteiger partial charge on any atom is 0.263 e. The van der Waals surface area contributed by atoms with Crippen LogP contribution in [0.2, 0.25) is 5.02 Å². The predicted octanol–water partition coefficient (Wildman–Crippen LogP) is 4.63. The van der Waals surface area contributed by atoms with E-state index in [1.54, 1.807) is 49.1 Å². The third-order valence-electron chi connectivity index (χ3n) is 4.22. The summed E-state index contributed by atoms with van der Waals surface area (Å²) >= 11 is 7.19. The Labute approximate surface area is 186 Å². The van der Waals surface area contributed by atoms with Crippen molar-refractivity contribution in [1.82, 2.24) is 20.0 Å². The van der Waals surface area contributed by atoms with Gasteiger partial charge in [0.1, 0.15) is 10.8 Å². The van der Waals surface area contributed by atoms with Gasteiger partial charge in [-0.15, -0.1) is 10.2 Å². The minimum Gasteiger partial charge on any atom is -0.454 e. The molecule has 0 aliphatic heterocycles. The number of aromatic nitrogens is 4. The van der Waals surface area contributed by atoms with Crippen LogP contribution in [-0.2, 0) is 17.1 Å². The molecular weight excluding hydrogens is 465 g/mol. The molecule has 8 nitrogen and oxygen atoms in total. The molecule has 0 atom stereocenters. The Morgan fingerprint density at radius 3 is 2.55 bits per heavy atom. The second kappa shape index (κ2) is 8.25. The molecule has 160 valence electrons. The summed E-state index contributed by atoms with van der Waals surface area (Å²) in [4.78, 5) is -0.270. The van der Waals surface area contributed by atoms with Crippen molar-refractivity contribution in [3.8, 4) is 22.8 Å². The fraction of sp³-hybridized carbons (Fsp3) is 0.105. The Hall–Kier alpha value is -3.02. The molecule has 2 aromatic heterocycles. The lowest BCUT2D eigenvalue weighted by molar-refractivity contribution is 0.441. The fourth-order valence-corrected chi connectivity index (χ4v) is 4.80. The quantitative estimate of drug-likeness (QED) is 0.432. The van der Waals surface area contributed by atoms with Gasteiger partial charge in [0.25, 0.3) is 10.0 Å². The van der Waals surface area contributed by atoms with Gasteiger partial charge in [-0.25, -0.2) is 12.8 Å². The molecule has 31 heavy (non-hydrogen) atoms. The number of nitrogens with one attached hydrogen (secondary N) is 1. The van der Waals surface area contributed by atoms with Gasteiger partial charge in [0.15, 0.2) is 11.6 Å². The van der Waals surface area contributed by atoms with Gasteiger partial charge in [0, 0.05) is 23.8 Å². The monoisotopic (exact) mass is 479 g/mol. The molecule has 0 bridgehead atoms. The van der Waals surface area contributed by atoms with E-state index in [0.717, 1.165) is 17.4 Å². The molecule has 0 fully saturated rings. The maximum absolute atomic E-state index is 14.8. The van der Waals surface area contributed by atoms with Crippen LogP contribution in [0.1, 0.15) is 5.01 Å². The molecule has 2 heterocycles. The molecule has 4 aromatic rings. The van der Waals surface area contributed by atoms with Gasteiger partial charge in [0.05, 0.1) is 10.6 Å². The van der Waals surface area contributed by atoms with E-state index in [9.17, 15) is 12.8 Å². The van der Waals surface area contributed by atoms with E-state index in [-0.39, 0.29) is 15.8 Å². The first kappa shape index (κ1) is 21.2. The Bertz CT molecular complexity index is 1370. The van der Waals surface area contributed by atoms with Crippen molar-refractivity contribution in [2.24, 2.45) is 7.05 Å². The summed E-state index contributed by atoms with van der Waals surface area (Å²) in [5.41, 5.74) is 1.32. The number of rotatable bonds is 6. The molecule has 0 radical (unpaired) electrons. The molecule has 0 saturated heterocycles. The second-order valence-corrected chi connectivity index (χ2v) is 9.71. The summed E-state index contributed by atoms with van der Waals surface area (Å²) in [5, 5.41) is 12.8. The topological polar surface area (TPSA) is 99.0 Å². The zero-order valence-electron chi connectivity index (χ0n) is 16.2. The summed E-state index contributed by atoms with van der Waals surface area (Å²) in [7, 11) is -2.28. The molecule has 0 amide bonds. The Balaban J connectivity index is 1.64. The molecular formula is C19H15ClFN5O3S2. The lowest BCUT2D eigenvalue weighted by Gasteiger charge is -2.13. The lowest BCUT2D eigenvalue weighted by Crippen LogP contribution is -2.13. The normalized spacial score (nSPS) is 11.5. The van der Waals surface area contributed by atoms with Crippen molar-refractivity contribution in [3.63, 3.8) is 0 Å². The second-order valence-electron chi connectivity index (χ2n) is 6.41. The zero-order valence-corrected chi connectivity index (χ0v) is 18.6. The van der Waals surface area contributed by atoms with Crippen LogP contribution in [0.3, 0.4) is 0 Å². The highest BCUT2D eigenvalue weighted by Crippen LogP contribution is 2.36. The van der Waals surface area contributed by atoms with E-state index < -0.39 is 15.8 Å². The Kier molecular flexibility index (Phi) is 5.65. The molecule has 0 aliphatic rings. The summed E-state index contributed by atoms with van der Waals surface area (Å²) in [6.45, 7) is 1.69. The SMILES string of the molecule is Cc1nnc(NS(=O)(=O)c2ccc(Oc3ccc(Cl)cc3-c3ccnn3C)c(F)c2)s1. The number of aryl methyl sites for hydroxylation is 2. The van der Waals surface area contributed by atoms with Crippen LogP contribution in [0.25, 0.3) is 11.3 Å². The highest BCUT2D eigenvalue weighted by Gasteiger charge is 2.20. The van der Waals surface area contributed by atoms with Gasteiger partial charge >= 0.3 is 0 Å². The van der Waals surface area contributed by atoms with Crippen molar-refractivity contribution in [1.29, 1.82) is 0 Å². The standard InChI is InChI=1S/C19H15ClFN5O3S2/c1-11-23-24-19(30-11)25-31(27,28)13-4-6-18(15(21)10-13)29-17-5-3-12(20)9-14(17)16-7-8-22-26(16)2/h3-10H,1-2H3,(H,24,25). The van der Waals surface area contributed by atoms with E-state index in [1.807, 2.05) is 0 Å². The number of ether oxygens (including phenoxy) is 1. The minimum absolute atomic E-state index is 0.0974. The van der Waals surface area contributed by atoms with Gasteiger partial charge in [-0.2, -0.15) is 5.10 Å². The number of anilines is 1. The van der Waals surface area contributed by atoms with Gasteiger partial charge < -0.3 is 4.74 Å². The van der Waals surface area contributed by atoms with Gasteiger partial charge in [0.2, 0.25) is 5.13 Å². The van der Waals surface area contributed by atoms with Crippen LogP contribution in [0, 0.1) is 12.7 Å². The number of hydrogen-bond acceptors (Lipinski definition) is 7. The first-order chi connectivity index (χ1) is 14.7. The summed E-state index contributed by atoms with van der Waals surface area (Å²) in [6.07, 6.45) is 1.62. The van der Waals surface area contributed by atoms with E-state index in [2.05, 4.69) is 20.0 Å². The molecule has 2 aromatic carbocycles. The summed E-state index contributed by atoms with van der Waals surface area (Å²) in [5.74, 6) is -0.649. The first-order valence-electron chi connectivity index (χ1n) is 8.81. The van der Waals surface area contributed by atoms with Crippen LogP contribution in [0.15, 0.2) is 53.6 Å². The molecule has 1 N–H and O–H groups in total. The fourth-order valence-electron chi connectivity index (χ4n) is 2.79. The van der Waals surface area contributed by atoms with Crippen LogP contribution < -0.4 is 9.46 Å². The molecule has 0 unspecified atom stereocenters. The maximum atomic E-state index is 14.8. The first-order valence-corrected chi connectivity index (χ1v) is 11.5. The number of halogens is 2.